The van der Waals surface area contributed by atoms with Crippen LogP contribution in [-0.2, 0) is 6.42 Å². The zero-order valence-electron chi connectivity index (χ0n) is 11.9. The highest BCUT2D eigenvalue weighted by Crippen LogP contribution is 2.28. The van der Waals surface area contributed by atoms with Crippen LogP contribution >= 0.6 is 11.6 Å². The van der Waals surface area contributed by atoms with Crippen molar-refractivity contribution < 1.29 is 4.74 Å². The molecule has 21 heavy (non-hydrogen) atoms. The molecule has 2 rings (SSSR count). The number of halogens is 1. The Kier molecular flexibility index (Phi) is 4.96. The van der Waals surface area contributed by atoms with Gasteiger partial charge in [0.15, 0.2) is 0 Å². The number of nitriles is 1. The minimum atomic E-state index is 0.392. The second-order valence-corrected chi connectivity index (χ2v) is 4.78. The molecule has 6 heteroatoms. The molecule has 0 amide bonds. The molecule has 1 heterocycles. The molecule has 0 aliphatic carbocycles. The minimum Gasteiger partial charge on any atom is -0.495 e. The van der Waals surface area contributed by atoms with Gasteiger partial charge in [0, 0.05) is 18.6 Å². The first-order chi connectivity index (χ1) is 10.2. The van der Waals surface area contributed by atoms with Crippen molar-refractivity contribution in [2.45, 2.75) is 19.8 Å². The Hall–Kier alpha value is -2.32. The molecule has 0 atom stereocenters. The van der Waals surface area contributed by atoms with Crippen LogP contribution < -0.4 is 10.1 Å². The van der Waals surface area contributed by atoms with Gasteiger partial charge in [0.25, 0.3) is 0 Å². The maximum atomic E-state index is 8.91. The lowest BCUT2D eigenvalue weighted by Gasteiger charge is -2.11. The Morgan fingerprint density at radius 3 is 2.81 bits per heavy atom. The predicted octanol–water partition coefficient (Wildman–Crippen LogP) is 3.71. The lowest BCUT2D eigenvalue weighted by molar-refractivity contribution is 0.416. The van der Waals surface area contributed by atoms with Crippen molar-refractivity contribution in [2.24, 2.45) is 0 Å². The van der Waals surface area contributed by atoms with Gasteiger partial charge in [0.05, 0.1) is 24.4 Å². The molecule has 0 bridgehead atoms. The maximum absolute atomic E-state index is 8.91. The number of rotatable bonds is 5. The van der Waals surface area contributed by atoms with Crippen molar-refractivity contribution in [3.63, 3.8) is 0 Å². The van der Waals surface area contributed by atoms with Crippen LogP contribution in [0.5, 0.6) is 5.75 Å². The van der Waals surface area contributed by atoms with Crippen LogP contribution in [0.4, 0.5) is 11.5 Å². The molecule has 1 aromatic carbocycles. The average molecular weight is 303 g/mol. The number of aromatic nitrogens is 2. The van der Waals surface area contributed by atoms with Gasteiger partial charge >= 0.3 is 0 Å². The summed E-state index contributed by atoms with van der Waals surface area (Å²) in [5, 5.41) is 12.4. The molecule has 5 nitrogen and oxygen atoms in total. The number of hydrogen-bond donors (Lipinski definition) is 1. The van der Waals surface area contributed by atoms with E-state index in [0.717, 1.165) is 12.8 Å². The van der Waals surface area contributed by atoms with E-state index >= 15 is 0 Å². The molecule has 108 valence electrons. The van der Waals surface area contributed by atoms with Gasteiger partial charge < -0.3 is 10.1 Å². The molecule has 0 fully saturated rings. The van der Waals surface area contributed by atoms with Crippen molar-refractivity contribution in [1.29, 1.82) is 5.26 Å². The largest absolute Gasteiger partial charge is 0.495 e. The van der Waals surface area contributed by atoms with Crippen LogP contribution in [0.1, 0.15) is 24.7 Å². The van der Waals surface area contributed by atoms with Gasteiger partial charge in [0.2, 0.25) is 0 Å². The van der Waals surface area contributed by atoms with Crippen molar-refractivity contribution in [2.75, 3.05) is 12.4 Å². The zero-order valence-corrected chi connectivity index (χ0v) is 12.6. The predicted molar refractivity (Wildman–Crippen MR) is 82.0 cm³/mol. The van der Waals surface area contributed by atoms with Gasteiger partial charge in [-0.25, -0.2) is 9.97 Å². The lowest BCUT2D eigenvalue weighted by atomic mass is 10.2. The van der Waals surface area contributed by atoms with E-state index in [1.54, 1.807) is 31.4 Å². The van der Waals surface area contributed by atoms with E-state index in [4.69, 9.17) is 21.6 Å². The lowest BCUT2D eigenvalue weighted by Crippen LogP contribution is -2.01. The highest BCUT2D eigenvalue weighted by atomic mass is 35.5. The van der Waals surface area contributed by atoms with Crippen LogP contribution in [0.3, 0.4) is 0 Å². The van der Waals surface area contributed by atoms with E-state index in [9.17, 15) is 0 Å². The van der Waals surface area contributed by atoms with Crippen LogP contribution in [-0.4, -0.2) is 17.1 Å². The van der Waals surface area contributed by atoms with Crippen LogP contribution in [0.15, 0.2) is 24.3 Å². The van der Waals surface area contributed by atoms with Crippen LogP contribution in [0.25, 0.3) is 0 Å². The fourth-order valence-electron chi connectivity index (χ4n) is 1.87. The molecule has 0 spiro atoms. The Balaban J connectivity index is 2.31. The molecule has 0 radical (unpaired) electrons. The normalized spacial score (nSPS) is 10.0. The van der Waals surface area contributed by atoms with E-state index in [-0.39, 0.29) is 0 Å². The smallest absolute Gasteiger partial charge is 0.143 e. The number of benzene rings is 1. The highest BCUT2D eigenvalue weighted by Gasteiger charge is 2.08. The standard InChI is InChI=1S/C15H15ClN4O/c1-3-4-14-19-13(16)8-15(20-14)18-11-6-5-10(9-17)7-12(11)21-2/h5-8H,3-4H2,1-2H3,(H,18,19,20). The molecule has 0 saturated carbocycles. The van der Waals surface area contributed by atoms with Gasteiger partial charge in [-0.1, -0.05) is 18.5 Å². The molecular weight excluding hydrogens is 288 g/mol. The van der Waals surface area contributed by atoms with Crippen molar-refractivity contribution in [3.8, 4) is 11.8 Å². The number of aryl methyl sites for hydroxylation is 1. The summed E-state index contributed by atoms with van der Waals surface area (Å²) in [7, 11) is 1.55. The number of hydrogen-bond acceptors (Lipinski definition) is 5. The Morgan fingerprint density at radius 2 is 2.14 bits per heavy atom. The topological polar surface area (TPSA) is 70.8 Å². The van der Waals surface area contributed by atoms with E-state index in [1.807, 2.05) is 0 Å². The molecular formula is C15H15ClN4O. The maximum Gasteiger partial charge on any atom is 0.143 e. The summed E-state index contributed by atoms with van der Waals surface area (Å²) >= 11 is 6.01. The average Bonchev–Trinajstić information content (AvgIpc) is 2.47. The third kappa shape index (κ3) is 3.83. The van der Waals surface area contributed by atoms with Gasteiger partial charge in [0.1, 0.15) is 22.5 Å². The second-order valence-electron chi connectivity index (χ2n) is 4.39. The summed E-state index contributed by atoms with van der Waals surface area (Å²) < 4.78 is 5.28. The van der Waals surface area contributed by atoms with Crippen molar-refractivity contribution >= 4 is 23.1 Å². The summed E-state index contributed by atoms with van der Waals surface area (Å²) in [4.78, 5) is 8.58. The zero-order chi connectivity index (χ0) is 15.2. The van der Waals surface area contributed by atoms with E-state index < -0.39 is 0 Å². The highest BCUT2D eigenvalue weighted by molar-refractivity contribution is 6.29. The van der Waals surface area contributed by atoms with Gasteiger partial charge in [-0.15, -0.1) is 0 Å². The fourth-order valence-corrected chi connectivity index (χ4v) is 2.07. The van der Waals surface area contributed by atoms with Crippen molar-refractivity contribution in [3.05, 3.63) is 40.8 Å². The molecule has 1 aromatic heterocycles. The summed E-state index contributed by atoms with van der Waals surface area (Å²) in [5.74, 6) is 1.86. The third-order valence-electron chi connectivity index (χ3n) is 2.81. The number of nitrogens with one attached hydrogen (secondary N) is 1. The first kappa shape index (κ1) is 15.1. The minimum absolute atomic E-state index is 0.392. The third-order valence-corrected chi connectivity index (χ3v) is 3.00. The van der Waals surface area contributed by atoms with E-state index in [2.05, 4.69) is 28.3 Å². The van der Waals surface area contributed by atoms with Gasteiger partial charge in [-0.05, 0) is 18.6 Å². The molecule has 0 aliphatic heterocycles. The monoisotopic (exact) mass is 302 g/mol. The number of anilines is 2. The Bertz CT molecular complexity index is 682. The molecule has 0 unspecified atom stereocenters. The molecule has 2 aromatic rings. The second kappa shape index (κ2) is 6.91. The van der Waals surface area contributed by atoms with Crippen LogP contribution in [0, 0.1) is 11.3 Å². The van der Waals surface area contributed by atoms with Crippen molar-refractivity contribution in [1.82, 2.24) is 9.97 Å². The van der Waals surface area contributed by atoms with E-state index in [0.29, 0.717) is 33.8 Å². The quantitative estimate of drug-likeness (QED) is 0.853. The van der Waals surface area contributed by atoms with Gasteiger partial charge in [-0.3, -0.25) is 0 Å². The fraction of sp³-hybridized carbons (Fsp3) is 0.267. The summed E-state index contributed by atoms with van der Waals surface area (Å²) in [5.41, 5.74) is 1.25. The molecule has 0 aliphatic rings. The number of nitrogens with zero attached hydrogens (tertiary/aromatic N) is 3. The van der Waals surface area contributed by atoms with Gasteiger partial charge in [-0.2, -0.15) is 5.26 Å². The first-order valence-electron chi connectivity index (χ1n) is 6.55. The summed E-state index contributed by atoms with van der Waals surface area (Å²) in [6, 6.07) is 8.87. The summed E-state index contributed by atoms with van der Waals surface area (Å²) in [6.07, 6.45) is 1.71. The molecule has 0 saturated heterocycles. The van der Waals surface area contributed by atoms with E-state index in [1.165, 1.54) is 0 Å². The van der Waals surface area contributed by atoms with Crippen LogP contribution in [0.2, 0.25) is 5.15 Å². The Morgan fingerprint density at radius 1 is 1.33 bits per heavy atom. The number of ether oxygens (including phenoxy) is 1. The number of methoxy groups -OCH3 is 1. The summed E-state index contributed by atoms with van der Waals surface area (Å²) in [6.45, 7) is 2.06. The molecule has 1 N–H and O–H groups in total. The Labute approximate surface area is 128 Å². The first-order valence-corrected chi connectivity index (χ1v) is 6.92. The SMILES string of the molecule is CCCc1nc(Cl)cc(Nc2ccc(C#N)cc2OC)n1.